The van der Waals surface area contributed by atoms with E-state index in [1.54, 1.807) is 23.5 Å². The highest BCUT2D eigenvalue weighted by molar-refractivity contribution is 7.09. The maximum atomic E-state index is 13.6. The van der Waals surface area contributed by atoms with Crippen LogP contribution in [-0.4, -0.2) is 50.0 Å². The summed E-state index contributed by atoms with van der Waals surface area (Å²) in [6.07, 6.45) is 0.961. The molecule has 2 aromatic rings. The first kappa shape index (κ1) is 19.9. The van der Waals surface area contributed by atoms with Crippen LogP contribution in [0.5, 0.6) is 0 Å². The average Bonchev–Trinajstić information content (AvgIpc) is 3.16. The number of amides is 1. The van der Waals surface area contributed by atoms with Crippen molar-refractivity contribution in [3.63, 3.8) is 0 Å². The lowest BCUT2D eigenvalue weighted by Gasteiger charge is -2.21. The van der Waals surface area contributed by atoms with Gasteiger partial charge in [0, 0.05) is 31.6 Å². The molecule has 0 radical (unpaired) electrons. The van der Waals surface area contributed by atoms with E-state index in [0.717, 1.165) is 25.5 Å². The molecule has 2 N–H and O–H groups in total. The average molecular weight is 377 g/mol. The van der Waals surface area contributed by atoms with Crippen molar-refractivity contribution in [2.75, 3.05) is 33.2 Å². The SMILES string of the molecule is CCNC(=NCCNC(=O)c1ccccc1F)N(C)CCc1cccs1. The summed E-state index contributed by atoms with van der Waals surface area (Å²) in [4.78, 5) is 19.9. The van der Waals surface area contributed by atoms with E-state index in [2.05, 4.69) is 38.0 Å². The molecule has 0 aliphatic carbocycles. The minimum absolute atomic E-state index is 0.0523. The number of carbonyl (C=O) groups is 1. The molecule has 140 valence electrons. The van der Waals surface area contributed by atoms with Gasteiger partial charge < -0.3 is 15.5 Å². The molecule has 0 atom stereocenters. The number of carbonyl (C=O) groups excluding carboxylic acids is 1. The third-order valence-electron chi connectivity index (χ3n) is 3.75. The first-order chi connectivity index (χ1) is 12.6. The van der Waals surface area contributed by atoms with Crippen LogP contribution in [0.1, 0.15) is 22.2 Å². The molecule has 0 saturated carbocycles. The van der Waals surface area contributed by atoms with E-state index in [0.29, 0.717) is 13.1 Å². The number of hydrogen-bond acceptors (Lipinski definition) is 3. The lowest BCUT2D eigenvalue weighted by molar-refractivity contribution is 0.0951. The summed E-state index contributed by atoms with van der Waals surface area (Å²) in [5.74, 6) is -0.145. The topological polar surface area (TPSA) is 56.7 Å². The number of thiophene rings is 1. The number of benzene rings is 1. The van der Waals surface area contributed by atoms with Crippen molar-refractivity contribution in [2.45, 2.75) is 13.3 Å². The first-order valence-electron chi connectivity index (χ1n) is 8.66. The van der Waals surface area contributed by atoms with E-state index in [1.165, 1.54) is 17.0 Å². The fourth-order valence-corrected chi connectivity index (χ4v) is 3.08. The van der Waals surface area contributed by atoms with Gasteiger partial charge in [-0.2, -0.15) is 0 Å². The summed E-state index contributed by atoms with van der Waals surface area (Å²) in [5.41, 5.74) is 0.0523. The fraction of sp³-hybridized carbons (Fsp3) is 0.368. The van der Waals surface area contributed by atoms with Crippen molar-refractivity contribution in [1.29, 1.82) is 0 Å². The number of nitrogens with zero attached hydrogens (tertiary/aromatic N) is 2. The third-order valence-corrected chi connectivity index (χ3v) is 4.68. The largest absolute Gasteiger partial charge is 0.357 e. The molecular formula is C19H25FN4OS. The van der Waals surface area contributed by atoms with E-state index in [-0.39, 0.29) is 5.56 Å². The number of rotatable bonds is 8. The minimum atomic E-state index is -0.518. The van der Waals surface area contributed by atoms with Crippen molar-refractivity contribution in [1.82, 2.24) is 15.5 Å². The Hall–Kier alpha value is -2.41. The Morgan fingerprint density at radius 3 is 2.73 bits per heavy atom. The molecule has 1 heterocycles. The molecule has 0 bridgehead atoms. The van der Waals surface area contributed by atoms with E-state index in [1.807, 2.05) is 14.0 Å². The van der Waals surface area contributed by atoms with Crippen LogP contribution in [-0.2, 0) is 6.42 Å². The summed E-state index contributed by atoms with van der Waals surface area (Å²) < 4.78 is 13.6. The summed E-state index contributed by atoms with van der Waals surface area (Å²) in [6, 6.07) is 10.1. The van der Waals surface area contributed by atoms with Gasteiger partial charge in [0.25, 0.3) is 5.91 Å². The summed E-state index contributed by atoms with van der Waals surface area (Å²) in [6.45, 7) is 4.41. The van der Waals surface area contributed by atoms with Gasteiger partial charge in [-0.1, -0.05) is 18.2 Å². The van der Waals surface area contributed by atoms with Crippen molar-refractivity contribution in [3.8, 4) is 0 Å². The molecule has 0 aliphatic heterocycles. The number of guanidine groups is 1. The van der Waals surface area contributed by atoms with Crippen molar-refractivity contribution < 1.29 is 9.18 Å². The zero-order valence-electron chi connectivity index (χ0n) is 15.2. The van der Waals surface area contributed by atoms with E-state index in [9.17, 15) is 9.18 Å². The van der Waals surface area contributed by atoms with Crippen molar-refractivity contribution >= 4 is 23.2 Å². The van der Waals surface area contributed by atoms with Crippen molar-refractivity contribution in [3.05, 3.63) is 58.0 Å². The molecular weight excluding hydrogens is 351 g/mol. The predicted octanol–water partition coefficient (Wildman–Crippen LogP) is 2.76. The Kier molecular flexibility index (Phi) is 8.08. The van der Waals surface area contributed by atoms with Crippen LogP contribution < -0.4 is 10.6 Å². The monoisotopic (exact) mass is 376 g/mol. The lowest BCUT2D eigenvalue weighted by atomic mass is 10.2. The Balaban J connectivity index is 1.82. The number of hydrogen-bond donors (Lipinski definition) is 2. The van der Waals surface area contributed by atoms with Crippen molar-refractivity contribution in [2.24, 2.45) is 4.99 Å². The molecule has 2 rings (SSSR count). The quantitative estimate of drug-likeness (QED) is 0.423. The summed E-state index contributed by atoms with van der Waals surface area (Å²) in [7, 11) is 1.99. The molecule has 26 heavy (non-hydrogen) atoms. The van der Waals surface area contributed by atoms with Crippen LogP contribution in [0.15, 0.2) is 46.8 Å². The van der Waals surface area contributed by atoms with Crippen LogP contribution >= 0.6 is 11.3 Å². The number of likely N-dealkylation sites (N-methyl/N-ethyl adjacent to an activating group) is 1. The molecule has 0 spiro atoms. The van der Waals surface area contributed by atoms with Gasteiger partial charge in [0.1, 0.15) is 5.82 Å². The van der Waals surface area contributed by atoms with Crippen LogP contribution in [0, 0.1) is 5.82 Å². The van der Waals surface area contributed by atoms with Gasteiger partial charge in [-0.05, 0) is 36.9 Å². The Bertz CT molecular complexity index is 718. The maximum Gasteiger partial charge on any atom is 0.254 e. The zero-order valence-corrected chi connectivity index (χ0v) is 16.0. The fourth-order valence-electron chi connectivity index (χ4n) is 2.38. The van der Waals surface area contributed by atoms with Gasteiger partial charge in [0.2, 0.25) is 0 Å². The summed E-state index contributed by atoms with van der Waals surface area (Å²) in [5, 5.41) is 8.02. The molecule has 0 unspecified atom stereocenters. The molecule has 1 aromatic heterocycles. The minimum Gasteiger partial charge on any atom is -0.357 e. The van der Waals surface area contributed by atoms with Gasteiger partial charge in [-0.25, -0.2) is 4.39 Å². The van der Waals surface area contributed by atoms with Gasteiger partial charge in [-0.15, -0.1) is 11.3 Å². The second kappa shape index (κ2) is 10.6. The highest BCUT2D eigenvalue weighted by atomic mass is 32.1. The maximum absolute atomic E-state index is 13.6. The van der Waals surface area contributed by atoms with Crippen LogP contribution in [0.4, 0.5) is 4.39 Å². The van der Waals surface area contributed by atoms with E-state index < -0.39 is 11.7 Å². The summed E-state index contributed by atoms with van der Waals surface area (Å²) >= 11 is 1.75. The molecule has 0 saturated heterocycles. The molecule has 0 aliphatic rings. The second-order valence-corrected chi connectivity index (χ2v) is 6.75. The highest BCUT2D eigenvalue weighted by Gasteiger charge is 2.10. The first-order valence-corrected chi connectivity index (χ1v) is 9.54. The zero-order chi connectivity index (χ0) is 18.8. The normalized spacial score (nSPS) is 11.3. The molecule has 1 aromatic carbocycles. The second-order valence-electron chi connectivity index (χ2n) is 5.72. The van der Waals surface area contributed by atoms with Gasteiger partial charge in [0.05, 0.1) is 12.1 Å². The molecule has 5 nitrogen and oxygen atoms in total. The van der Waals surface area contributed by atoms with Crippen LogP contribution in [0.3, 0.4) is 0 Å². The van der Waals surface area contributed by atoms with E-state index in [4.69, 9.17) is 0 Å². The Morgan fingerprint density at radius 1 is 1.23 bits per heavy atom. The van der Waals surface area contributed by atoms with Gasteiger partial charge in [-0.3, -0.25) is 9.79 Å². The Morgan fingerprint density at radius 2 is 2.04 bits per heavy atom. The van der Waals surface area contributed by atoms with Crippen LogP contribution in [0.2, 0.25) is 0 Å². The number of halogens is 1. The molecule has 0 fully saturated rings. The van der Waals surface area contributed by atoms with Crippen LogP contribution in [0.25, 0.3) is 0 Å². The Labute approximate surface area is 157 Å². The van der Waals surface area contributed by atoms with Gasteiger partial charge >= 0.3 is 0 Å². The molecule has 7 heteroatoms. The smallest absolute Gasteiger partial charge is 0.254 e. The highest BCUT2D eigenvalue weighted by Crippen LogP contribution is 2.09. The van der Waals surface area contributed by atoms with Gasteiger partial charge in [0.15, 0.2) is 5.96 Å². The number of aliphatic imine (C=N–C) groups is 1. The van der Waals surface area contributed by atoms with E-state index >= 15 is 0 Å². The standard InChI is InChI=1S/C19H25FN4OS/c1-3-21-19(24(2)13-10-15-7-6-14-26-15)23-12-11-22-18(25)16-8-4-5-9-17(16)20/h4-9,14H,3,10-13H2,1-2H3,(H,21,23)(H,22,25). The number of nitrogens with one attached hydrogen (secondary N) is 2. The lowest BCUT2D eigenvalue weighted by Crippen LogP contribution is -2.40. The third kappa shape index (κ3) is 6.15. The molecule has 1 amide bonds. The predicted molar refractivity (Wildman–Crippen MR) is 105 cm³/mol.